The highest BCUT2D eigenvalue weighted by Crippen LogP contribution is 2.18. The van der Waals surface area contributed by atoms with Crippen molar-refractivity contribution in [3.8, 4) is 17.3 Å². The zero-order valence-electron chi connectivity index (χ0n) is 13.3. The highest BCUT2D eigenvalue weighted by molar-refractivity contribution is 5.81. The van der Waals surface area contributed by atoms with E-state index in [1.165, 1.54) is 10.1 Å². The standard InChI is InChI=1S/C18H18N4O2/c1-24-16-8-7-15(13-21-16)17-19-11-12-22(17)18(23)20-10-9-14-5-3-2-4-6-14/h2-8,11-13H,9-10H2,1H3,(H,20,23). The van der Waals surface area contributed by atoms with E-state index in [1.54, 1.807) is 31.8 Å². The quantitative estimate of drug-likeness (QED) is 0.784. The molecular formula is C18H18N4O2. The van der Waals surface area contributed by atoms with Crippen molar-refractivity contribution < 1.29 is 9.53 Å². The fraction of sp³-hybridized carbons (Fsp3) is 0.167. The lowest BCUT2D eigenvalue weighted by molar-refractivity contribution is 0.243. The number of aromatic nitrogens is 3. The molecule has 6 nitrogen and oxygen atoms in total. The zero-order valence-corrected chi connectivity index (χ0v) is 13.3. The largest absolute Gasteiger partial charge is 0.481 e. The summed E-state index contributed by atoms with van der Waals surface area (Å²) in [4.78, 5) is 20.8. The van der Waals surface area contributed by atoms with Gasteiger partial charge in [-0.3, -0.25) is 4.57 Å². The van der Waals surface area contributed by atoms with Gasteiger partial charge in [0.05, 0.1) is 7.11 Å². The van der Waals surface area contributed by atoms with Gasteiger partial charge in [-0.1, -0.05) is 30.3 Å². The molecule has 1 amide bonds. The normalized spacial score (nSPS) is 10.4. The number of imidazole rings is 1. The van der Waals surface area contributed by atoms with Gasteiger partial charge < -0.3 is 10.1 Å². The molecule has 1 aromatic carbocycles. The van der Waals surface area contributed by atoms with Gasteiger partial charge >= 0.3 is 6.03 Å². The van der Waals surface area contributed by atoms with Crippen molar-refractivity contribution >= 4 is 6.03 Å². The molecule has 6 heteroatoms. The van der Waals surface area contributed by atoms with E-state index in [1.807, 2.05) is 36.4 Å². The highest BCUT2D eigenvalue weighted by atomic mass is 16.5. The summed E-state index contributed by atoms with van der Waals surface area (Å²) < 4.78 is 6.52. The topological polar surface area (TPSA) is 69.0 Å². The van der Waals surface area contributed by atoms with Gasteiger partial charge in [0.25, 0.3) is 0 Å². The van der Waals surface area contributed by atoms with Gasteiger partial charge in [-0.15, -0.1) is 0 Å². The number of benzene rings is 1. The van der Waals surface area contributed by atoms with E-state index < -0.39 is 0 Å². The molecule has 1 N–H and O–H groups in total. The first-order chi connectivity index (χ1) is 11.8. The summed E-state index contributed by atoms with van der Waals surface area (Å²) in [5.74, 6) is 1.06. The van der Waals surface area contributed by atoms with Crippen molar-refractivity contribution in [3.05, 3.63) is 66.6 Å². The van der Waals surface area contributed by atoms with Crippen LogP contribution in [-0.2, 0) is 6.42 Å². The highest BCUT2D eigenvalue weighted by Gasteiger charge is 2.12. The van der Waals surface area contributed by atoms with Gasteiger partial charge in [-0.05, 0) is 18.1 Å². The summed E-state index contributed by atoms with van der Waals surface area (Å²) in [6, 6.07) is 13.4. The van der Waals surface area contributed by atoms with E-state index in [-0.39, 0.29) is 6.03 Å². The molecule has 3 aromatic rings. The van der Waals surface area contributed by atoms with Crippen LogP contribution in [0.15, 0.2) is 61.1 Å². The predicted molar refractivity (Wildman–Crippen MR) is 91.0 cm³/mol. The Labute approximate surface area is 140 Å². The maximum absolute atomic E-state index is 12.4. The lowest BCUT2D eigenvalue weighted by Gasteiger charge is -2.09. The van der Waals surface area contributed by atoms with E-state index in [9.17, 15) is 4.79 Å². The molecule has 0 aliphatic carbocycles. The molecule has 0 unspecified atom stereocenters. The van der Waals surface area contributed by atoms with Gasteiger partial charge in [0.2, 0.25) is 5.88 Å². The first-order valence-electron chi connectivity index (χ1n) is 7.64. The molecule has 2 heterocycles. The second-order valence-corrected chi connectivity index (χ2v) is 5.18. The molecule has 0 atom stereocenters. The van der Waals surface area contributed by atoms with Crippen molar-refractivity contribution in [2.45, 2.75) is 6.42 Å². The second kappa shape index (κ2) is 7.41. The molecular weight excluding hydrogens is 304 g/mol. The maximum atomic E-state index is 12.4. The number of carbonyl (C=O) groups is 1. The molecule has 0 fully saturated rings. The number of nitrogens with one attached hydrogen (secondary N) is 1. The summed E-state index contributed by atoms with van der Waals surface area (Å²) >= 11 is 0. The monoisotopic (exact) mass is 322 g/mol. The Hall–Kier alpha value is -3.15. The van der Waals surface area contributed by atoms with E-state index in [4.69, 9.17) is 4.74 Å². The van der Waals surface area contributed by atoms with Gasteiger partial charge in [-0.2, -0.15) is 0 Å². The van der Waals surface area contributed by atoms with Crippen LogP contribution in [0.5, 0.6) is 5.88 Å². The summed E-state index contributed by atoms with van der Waals surface area (Å²) in [5.41, 5.74) is 1.93. The minimum absolute atomic E-state index is 0.214. The second-order valence-electron chi connectivity index (χ2n) is 5.18. The lowest BCUT2D eigenvalue weighted by atomic mass is 10.1. The van der Waals surface area contributed by atoms with E-state index in [2.05, 4.69) is 15.3 Å². The Morgan fingerprint density at radius 1 is 1.17 bits per heavy atom. The van der Waals surface area contributed by atoms with Crippen LogP contribution in [0.4, 0.5) is 4.79 Å². The van der Waals surface area contributed by atoms with Gasteiger partial charge in [-0.25, -0.2) is 14.8 Å². The number of ether oxygens (including phenoxy) is 1. The van der Waals surface area contributed by atoms with Crippen LogP contribution in [0, 0.1) is 0 Å². The Morgan fingerprint density at radius 3 is 2.71 bits per heavy atom. The minimum Gasteiger partial charge on any atom is -0.481 e. The molecule has 0 aliphatic heterocycles. The summed E-state index contributed by atoms with van der Waals surface area (Å²) in [6.07, 6.45) is 5.64. The van der Waals surface area contributed by atoms with Gasteiger partial charge in [0.15, 0.2) is 0 Å². The summed E-state index contributed by atoms with van der Waals surface area (Å²) in [5, 5.41) is 2.91. The number of hydrogen-bond donors (Lipinski definition) is 1. The Morgan fingerprint density at radius 2 is 2.00 bits per heavy atom. The number of methoxy groups -OCH3 is 1. The van der Waals surface area contributed by atoms with E-state index in [0.29, 0.717) is 18.2 Å². The molecule has 24 heavy (non-hydrogen) atoms. The van der Waals surface area contributed by atoms with Crippen LogP contribution in [0.1, 0.15) is 5.56 Å². The number of amides is 1. The third-order valence-electron chi connectivity index (χ3n) is 3.60. The zero-order chi connectivity index (χ0) is 16.8. The number of pyridine rings is 1. The molecule has 0 radical (unpaired) electrons. The molecule has 0 bridgehead atoms. The van der Waals surface area contributed by atoms with Crippen molar-refractivity contribution in [2.24, 2.45) is 0 Å². The first kappa shape index (κ1) is 15.7. The van der Waals surface area contributed by atoms with Gasteiger partial charge in [0.1, 0.15) is 5.82 Å². The van der Waals surface area contributed by atoms with Crippen LogP contribution in [-0.4, -0.2) is 34.2 Å². The minimum atomic E-state index is -0.214. The third-order valence-corrected chi connectivity index (χ3v) is 3.60. The fourth-order valence-corrected chi connectivity index (χ4v) is 2.36. The van der Waals surface area contributed by atoms with Crippen molar-refractivity contribution in [1.29, 1.82) is 0 Å². The smallest absolute Gasteiger partial charge is 0.327 e. The van der Waals surface area contributed by atoms with Crippen molar-refractivity contribution in [1.82, 2.24) is 19.9 Å². The number of rotatable bonds is 5. The Kier molecular flexibility index (Phi) is 4.86. The predicted octanol–water partition coefficient (Wildman–Crippen LogP) is 2.75. The Balaban J connectivity index is 1.66. The molecule has 0 saturated heterocycles. The summed E-state index contributed by atoms with van der Waals surface area (Å²) in [6.45, 7) is 0.557. The molecule has 2 aromatic heterocycles. The first-order valence-corrected chi connectivity index (χ1v) is 7.64. The molecule has 122 valence electrons. The van der Waals surface area contributed by atoms with Crippen molar-refractivity contribution in [3.63, 3.8) is 0 Å². The van der Waals surface area contributed by atoms with E-state index >= 15 is 0 Å². The number of carbonyl (C=O) groups excluding carboxylic acids is 1. The van der Waals surface area contributed by atoms with E-state index in [0.717, 1.165) is 12.0 Å². The molecule has 0 aliphatic rings. The number of hydrogen-bond acceptors (Lipinski definition) is 4. The van der Waals surface area contributed by atoms with Crippen LogP contribution in [0.25, 0.3) is 11.4 Å². The third kappa shape index (κ3) is 3.60. The van der Waals surface area contributed by atoms with Crippen LogP contribution in [0.2, 0.25) is 0 Å². The Bertz CT molecular complexity index is 797. The van der Waals surface area contributed by atoms with Gasteiger partial charge in [0, 0.05) is 36.8 Å². The van der Waals surface area contributed by atoms with Crippen LogP contribution >= 0.6 is 0 Å². The SMILES string of the molecule is COc1ccc(-c2nccn2C(=O)NCCc2ccccc2)cn1. The average molecular weight is 322 g/mol. The molecule has 0 saturated carbocycles. The van der Waals surface area contributed by atoms with Crippen LogP contribution < -0.4 is 10.1 Å². The lowest BCUT2D eigenvalue weighted by Crippen LogP contribution is -2.30. The van der Waals surface area contributed by atoms with Crippen LogP contribution in [0.3, 0.4) is 0 Å². The maximum Gasteiger partial charge on any atom is 0.327 e. The fourth-order valence-electron chi connectivity index (χ4n) is 2.36. The molecule has 0 spiro atoms. The molecule has 3 rings (SSSR count). The number of nitrogens with zero attached hydrogens (tertiary/aromatic N) is 3. The summed E-state index contributed by atoms with van der Waals surface area (Å²) in [7, 11) is 1.56. The average Bonchev–Trinajstić information content (AvgIpc) is 3.12. The van der Waals surface area contributed by atoms with Crippen molar-refractivity contribution in [2.75, 3.05) is 13.7 Å².